The molecule has 5 nitrogen and oxygen atoms in total. The van der Waals surface area contributed by atoms with Crippen molar-refractivity contribution < 1.29 is 19.1 Å². The minimum absolute atomic E-state index is 0.122. The van der Waals surface area contributed by atoms with Crippen LogP contribution in [0.3, 0.4) is 0 Å². The summed E-state index contributed by atoms with van der Waals surface area (Å²) in [5.74, 6) is -0.0915. The lowest BCUT2D eigenvalue weighted by Crippen LogP contribution is -2.47. The number of para-hydroxylation sites is 2. The second-order valence-electron chi connectivity index (χ2n) is 6.70. The summed E-state index contributed by atoms with van der Waals surface area (Å²) in [5, 5.41) is 0. The van der Waals surface area contributed by atoms with Gasteiger partial charge in [0.2, 0.25) is 6.10 Å². The first kappa shape index (κ1) is 16.6. The number of esters is 1. The number of anilines is 1. The number of carbonyl (C=O) groups is 2. The normalized spacial score (nSPS) is 18.3. The fraction of sp³-hybridized carbons (Fsp3) is 0.333. The lowest BCUT2D eigenvalue weighted by atomic mass is 9.90. The van der Waals surface area contributed by atoms with Crippen molar-refractivity contribution in [3.05, 3.63) is 59.2 Å². The van der Waals surface area contributed by atoms with Crippen molar-refractivity contribution in [2.75, 3.05) is 18.6 Å². The zero-order valence-electron chi connectivity index (χ0n) is 14.7. The molecule has 1 aliphatic carbocycles. The van der Waals surface area contributed by atoms with Crippen molar-refractivity contribution in [3.8, 4) is 5.75 Å². The Kier molecular flexibility index (Phi) is 4.37. The Hall–Kier alpha value is -2.82. The van der Waals surface area contributed by atoms with Gasteiger partial charge in [-0.2, -0.15) is 0 Å². The minimum Gasteiger partial charge on any atom is -0.475 e. The summed E-state index contributed by atoms with van der Waals surface area (Å²) in [5.41, 5.74) is 3.91. The van der Waals surface area contributed by atoms with Gasteiger partial charge >= 0.3 is 5.97 Å². The lowest BCUT2D eigenvalue weighted by Gasteiger charge is -2.33. The monoisotopic (exact) mass is 351 g/mol. The summed E-state index contributed by atoms with van der Waals surface area (Å²) < 4.78 is 10.5. The van der Waals surface area contributed by atoms with Crippen LogP contribution in [0.5, 0.6) is 5.75 Å². The summed E-state index contributed by atoms with van der Waals surface area (Å²) in [6, 6.07) is 13.2. The Balaban J connectivity index is 1.69. The molecule has 26 heavy (non-hydrogen) atoms. The van der Waals surface area contributed by atoms with E-state index in [0.717, 1.165) is 19.3 Å². The van der Waals surface area contributed by atoms with Crippen molar-refractivity contribution in [1.29, 1.82) is 0 Å². The van der Waals surface area contributed by atoms with Gasteiger partial charge in [-0.05, 0) is 61.1 Å². The first-order chi connectivity index (χ1) is 12.7. The molecule has 0 aromatic heterocycles. The SMILES string of the molecule is COC(=O)C1CN(C(=O)c2ccc3c(c2)CCCC3)c2ccccc2O1. The molecule has 0 bridgehead atoms. The molecule has 4 rings (SSSR count). The zero-order chi connectivity index (χ0) is 18.1. The largest absolute Gasteiger partial charge is 0.475 e. The highest BCUT2D eigenvalue weighted by Crippen LogP contribution is 2.34. The summed E-state index contributed by atoms with van der Waals surface area (Å²) in [4.78, 5) is 26.8. The number of benzene rings is 2. The maximum Gasteiger partial charge on any atom is 0.348 e. The Morgan fingerprint density at radius 2 is 1.85 bits per heavy atom. The third-order valence-corrected chi connectivity index (χ3v) is 5.08. The number of hydrogen-bond acceptors (Lipinski definition) is 4. The van der Waals surface area contributed by atoms with E-state index >= 15 is 0 Å². The fourth-order valence-electron chi connectivity index (χ4n) is 3.70. The van der Waals surface area contributed by atoms with E-state index < -0.39 is 12.1 Å². The van der Waals surface area contributed by atoms with Crippen LogP contribution in [0.4, 0.5) is 5.69 Å². The predicted molar refractivity (Wildman–Crippen MR) is 97.6 cm³/mol. The van der Waals surface area contributed by atoms with Crippen LogP contribution < -0.4 is 9.64 Å². The topological polar surface area (TPSA) is 55.8 Å². The van der Waals surface area contributed by atoms with Gasteiger partial charge in [-0.1, -0.05) is 18.2 Å². The van der Waals surface area contributed by atoms with Crippen LogP contribution in [0, 0.1) is 0 Å². The molecular formula is C21H21NO4. The molecule has 1 atom stereocenters. The van der Waals surface area contributed by atoms with Gasteiger partial charge in [0.15, 0.2) is 0 Å². The van der Waals surface area contributed by atoms with Crippen LogP contribution in [0.1, 0.15) is 34.3 Å². The number of carbonyl (C=O) groups excluding carboxylic acids is 2. The zero-order valence-corrected chi connectivity index (χ0v) is 14.7. The predicted octanol–water partition coefficient (Wildman–Crippen LogP) is 3.15. The molecule has 0 spiro atoms. The molecule has 2 aromatic rings. The van der Waals surface area contributed by atoms with Gasteiger partial charge in [0, 0.05) is 5.56 Å². The van der Waals surface area contributed by atoms with E-state index in [-0.39, 0.29) is 12.5 Å². The highest BCUT2D eigenvalue weighted by Gasteiger charge is 2.34. The average Bonchev–Trinajstić information content (AvgIpc) is 2.71. The number of ether oxygens (including phenoxy) is 2. The molecule has 1 unspecified atom stereocenters. The van der Waals surface area contributed by atoms with E-state index in [1.165, 1.54) is 24.7 Å². The average molecular weight is 351 g/mol. The van der Waals surface area contributed by atoms with Crippen molar-refractivity contribution in [2.45, 2.75) is 31.8 Å². The number of methoxy groups -OCH3 is 1. The molecule has 0 radical (unpaired) electrons. The van der Waals surface area contributed by atoms with Gasteiger partial charge in [-0.3, -0.25) is 4.79 Å². The number of amides is 1. The number of fused-ring (bicyclic) bond motifs is 2. The first-order valence-corrected chi connectivity index (χ1v) is 8.94. The van der Waals surface area contributed by atoms with Crippen LogP contribution in [-0.2, 0) is 22.4 Å². The Morgan fingerprint density at radius 1 is 1.08 bits per heavy atom. The van der Waals surface area contributed by atoms with E-state index in [4.69, 9.17) is 9.47 Å². The molecule has 1 heterocycles. The van der Waals surface area contributed by atoms with Crippen molar-refractivity contribution in [2.24, 2.45) is 0 Å². The van der Waals surface area contributed by atoms with Gasteiger partial charge in [0.25, 0.3) is 5.91 Å². The molecule has 2 aromatic carbocycles. The Bertz CT molecular complexity index is 861. The molecule has 0 saturated heterocycles. The molecule has 0 fully saturated rings. The highest BCUT2D eigenvalue weighted by molar-refractivity contribution is 6.08. The lowest BCUT2D eigenvalue weighted by molar-refractivity contribution is -0.148. The quantitative estimate of drug-likeness (QED) is 0.780. The summed E-state index contributed by atoms with van der Waals surface area (Å²) >= 11 is 0. The van der Waals surface area contributed by atoms with Crippen molar-refractivity contribution in [3.63, 3.8) is 0 Å². The first-order valence-electron chi connectivity index (χ1n) is 8.94. The number of nitrogens with zero attached hydrogens (tertiary/aromatic N) is 1. The molecule has 2 aliphatic rings. The fourth-order valence-corrected chi connectivity index (χ4v) is 3.70. The van der Waals surface area contributed by atoms with Gasteiger partial charge in [-0.15, -0.1) is 0 Å². The number of hydrogen-bond donors (Lipinski definition) is 0. The van der Waals surface area contributed by atoms with E-state index in [1.54, 1.807) is 11.0 Å². The number of rotatable bonds is 2. The van der Waals surface area contributed by atoms with Crippen LogP contribution in [0.15, 0.2) is 42.5 Å². The maximum absolute atomic E-state index is 13.2. The molecule has 0 N–H and O–H groups in total. The van der Waals surface area contributed by atoms with E-state index in [1.807, 2.05) is 30.3 Å². The second-order valence-corrected chi connectivity index (χ2v) is 6.70. The van der Waals surface area contributed by atoms with Gasteiger partial charge < -0.3 is 14.4 Å². The second kappa shape index (κ2) is 6.83. The maximum atomic E-state index is 13.2. The third kappa shape index (κ3) is 2.94. The minimum atomic E-state index is -0.823. The molecule has 1 amide bonds. The Morgan fingerprint density at radius 3 is 2.65 bits per heavy atom. The molecule has 5 heteroatoms. The highest BCUT2D eigenvalue weighted by atomic mass is 16.6. The standard InChI is InChI=1S/C21H21NO4/c1-25-21(24)19-13-22(17-8-4-5-9-18(17)26-19)20(23)16-11-10-14-6-2-3-7-15(14)12-16/h4-5,8-12,19H,2-3,6-7,13H2,1H3. The Labute approximate surface area is 152 Å². The smallest absolute Gasteiger partial charge is 0.348 e. The summed E-state index contributed by atoms with van der Waals surface area (Å²) in [6.45, 7) is 0.138. The van der Waals surface area contributed by atoms with Crippen LogP contribution in [0.2, 0.25) is 0 Å². The van der Waals surface area contributed by atoms with E-state index in [9.17, 15) is 9.59 Å². The van der Waals surface area contributed by atoms with E-state index in [2.05, 4.69) is 6.07 Å². The van der Waals surface area contributed by atoms with Gasteiger partial charge in [-0.25, -0.2) is 4.79 Å². The summed E-state index contributed by atoms with van der Waals surface area (Å²) in [7, 11) is 1.32. The van der Waals surface area contributed by atoms with Gasteiger partial charge in [0.05, 0.1) is 19.3 Å². The molecule has 1 aliphatic heterocycles. The van der Waals surface area contributed by atoms with E-state index in [0.29, 0.717) is 17.0 Å². The third-order valence-electron chi connectivity index (χ3n) is 5.08. The van der Waals surface area contributed by atoms with Crippen LogP contribution in [0.25, 0.3) is 0 Å². The van der Waals surface area contributed by atoms with Crippen molar-refractivity contribution in [1.82, 2.24) is 0 Å². The van der Waals surface area contributed by atoms with Crippen molar-refractivity contribution >= 4 is 17.6 Å². The van der Waals surface area contributed by atoms with Gasteiger partial charge in [0.1, 0.15) is 5.75 Å². The van der Waals surface area contributed by atoms with Crippen LogP contribution >= 0.6 is 0 Å². The molecule has 134 valence electrons. The number of aryl methyl sites for hydroxylation is 2. The van der Waals surface area contributed by atoms with Crippen LogP contribution in [-0.4, -0.2) is 31.6 Å². The summed E-state index contributed by atoms with van der Waals surface area (Å²) in [6.07, 6.45) is 3.64. The molecular weight excluding hydrogens is 330 g/mol. The molecule has 0 saturated carbocycles.